The minimum absolute atomic E-state index is 0.160. The van der Waals surface area contributed by atoms with Crippen LogP contribution in [0.1, 0.15) is 35.4 Å². The summed E-state index contributed by atoms with van der Waals surface area (Å²) in [7, 11) is -3.89. The molecular formula is C27H33N7O4S. The Hall–Kier alpha value is -4.42. The first-order valence-electron chi connectivity index (χ1n) is 12.3. The molecule has 0 radical (unpaired) electrons. The van der Waals surface area contributed by atoms with Gasteiger partial charge in [0.1, 0.15) is 6.04 Å². The number of carbonyl (C=O) groups excluding carboxylic acids is 2. The molecule has 0 unspecified atom stereocenters. The van der Waals surface area contributed by atoms with Crippen LogP contribution in [-0.4, -0.2) is 38.8 Å². The number of hydrogen-bond donors (Lipinski definition) is 7. The molecule has 3 rings (SSSR count). The van der Waals surface area contributed by atoms with Crippen LogP contribution < -0.4 is 31.5 Å². The van der Waals surface area contributed by atoms with E-state index in [-0.39, 0.29) is 24.3 Å². The van der Waals surface area contributed by atoms with Gasteiger partial charge < -0.3 is 21.7 Å². The summed E-state index contributed by atoms with van der Waals surface area (Å²) in [6.07, 6.45) is 0.790. The zero-order valence-corrected chi connectivity index (χ0v) is 22.1. The molecule has 0 heterocycles. The highest BCUT2D eigenvalue weighted by Crippen LogP contribution is 2.25. The highest BCUT2D eigenvalue weighted by Gasteiger charge is 2.27. The summed E-state index contributed by atoms with van der Waals surface area (Å²) >= 11 is 0. The number of hydrogen-bond acceptors (Lipinski definition) is 5. The van der Waals surface area contributed by atoms with Gasteiger partial charge in [-0.25, -0.2) is 5.14 Å². The minimum Gasteiger partial charge on any atom is -0.370 e. The lowest BCUT2D eigenvalue weighted by Crippen LogP contribution is -2.48. The van der Waals surface area contributed by atoms with Gasteiger partial charge in [0, 0.05) is 18.8 Å². The number of carbonyl (C=O) groups is 2. The Balaban J connectivity index is 1.73. The van der Waals surface area contributed by atoms with E-state index in [1.807, 2.05) is 60.7 Å². The summed E-state index contributed by atoms with van der Waals surface area (Å²) in [6, 6.07) is 24.2. The average Bonchev–Trinajstić information content (AvgIpc) is 2.90. The maximum atomic E-state index is 13.6. The molecule has 0 saturated carbocycles. The number of amides is 2. The maximum absolute atomic E-state index is 13.6. The van der Waals surface area contributed by atoms with E-state index in [9.17, 15) is 18.0 Å². The van der Waals surface area contributed by atoms with Gasteiger partial charge in [0.05, 0.1) is 5.92 Å². The molecule has 0 aliphatic heterocycles. The Morgan fingerprint density at radius 1 is 0.821 bits per heavy atom. The van der Waals surface area contributed by atoms with E-state index in [0.717, 1.165) is 16.7 Å². The van der Waals surface area contributed by atoms with E-state index in [4.69, 9.17) is 16.3 Å². The molecule has 0 aliphatic rings. The second kappa shape index (κ2) is 13.9. The second-order valence-corrected chi connectivity index (χ2v) is 10.2. The smallest absolute Gasteiger partial charge is 0.296 e. The summed E-state index contributed by atoms with van der Waals surface area (Å²) in [5.74, 6) is -1.48. The van der Waals surface area contributed by atoms with Crippen molar-refractivity contribution in [3.63, 3.8) is 0 Å². The highest BCUT2D eigenvalue weighted by atomic mass is 32.2. The van der Waals surface area contributed by atoms with Crippen LogP contribution in [0.3, 0.4) is 0 Å². The summed E-state index contributed by atoms with van der Waals surface area (Å²) < 4.78 is 24.6. The molecule has 0 aliphatic carbocycles. The van der Waals surface area contributed by atoms with Gasteiger partial charge in [0.2, 0.25) is 11.8 Å². The number of guanidine groups is 1. The number of nitrogens with two attached hydrogens (primary N) is 2. The largest absolute Gasteiger partial charge is 0.370 e. The normalized spacial score (nSPS) is 11.8. The van der Waals surface area contributed by atoms with Crippen molar-refractivity contribution in [3.8, 4) is 0 Å². The van der Waals surface area contributed by atoms with E-state index in [0.29, 0.717) is 25.1 Å². The minimum atomic E-state index is -3.89. The van der Waals surface area contributed by atoms with Crippen molar-refractivity contribution < 1.29 is 18.0 Å². The standard InChI is InChI=1S/C27H33N7O4S/c28-27(29)31-17-7-12-23(25(35)32-18-19-13-15-22(16-14-19)34-39(30,37)38)33-26(36)24(20-8-3-1-4-9-20)21-10-5-2-6-11-21/h1-6,8-11,13-16,23-24,34H,7,12,17-18H2,(H,32,35)(H,33,36)(H4,28,29,31)(H2,30,37,38)/t23-/m1/s1. The Kier molecular flexibility index (Phi) is 10.4. The van der Waals surface area contributed by atoms with Gasteiger partial charge >= 0.3 is 0 Å². The van der Waals surface area contributed by atoms with Crippen molar-refractivity contribution in [2.45, 2.75) is 31.3 Å². The molecule has 12 heteroatoms. The van der Waals surface area contributed by atoms with Crippen LogP contribution in [0.15, 0.2) is 84.9 Å². The van der Waals surface area contributed by atoms with Crippen LogP contribution in [0.4, 0.5) is 5.69 Å². The zero-order chi connectivity index (χ0) is 28.3. The quantitative estimate of drug-likeness (QED) is 0.0956. The number of anilines is 1. The number of rotatable bonds is 13. The van der Waals surface area contributed by atoms with Crippen LogP contribution in [0.5, 0.6) is 0 Å². The fourth-order valence-electron chi connectivity index (χ4n) is 4.01. The SMILES string of the molecule is N=C(N)NCCC[C@@H](NC(=O)C(c1ccccc1)c1ccccc1)C(=O)NCc1ccc(NS(N)(=O)=O)cc1. The summed E-state index contributed by atoms with van der Waals surface area (Å²) in [6.45, 7) is 0.529. The summed E-state index contributed by atoms with van der Waals surface area (Å²) in [5, 5.41) is 20.8. The van der Waals surface area contributed by atoms with Gasteiger partial charge in [-0.3, -0.25) is 19.7 Å². The highest BCUT2D eigenvalue weighted by molar-refractivity contribution is 7.90. The monoisotopic (exact) mass is 551 g/mol. The first-order valence-corrected chi connectivity index (χ1v) is 13.8. The molecule has 206 valence electrons. The van der Waals surface area contributed by atoms with E-state index in [1.54, 1.807) is 12.1 Å². The molecule has 1 atom stereocenters. The Morgan fingerprint density at radius 2 is 1.38 bits per heavy atom. The molecule has 9 N–H and O–H groups in total. The molecule has 0 aromatic heterocycles. The van der Waals surface area contributed by atoms with Crippen LogP contribution in [-0.2, 0) is 26.3 Å². The number of benzene rings is 3. The molecule has 0 bridgehead atoms. The lowest BCUT2D eigenvalue weighted by atomic mass is 9.90. The lowest BCUT2D eigenvalue weighted by Gasteiger charge is -2.23. The van der Waals surface area contributed by atoms with Gasteiger partial charge in [-0.15, -0.1) is 0 Å². The molecule has 0 spiro atoms. The molecule has 3 aromatic rings. The Bertz CT molecular complexity index is 1310. The fraction of sp³-hybridized carbons (Fsp3) is 0.222. The fourth-order valence-corrected chi connectivity index (χ4v) is 4.47. The van der Waals surface area contributed by atoms with E-state index >= 15 is 0 Å². The predicted octanol–water partition coefficient (Wildman–Crippen LogP) is 1.50. The van der Waals surface area contributed by atoms with Gasteiger partial charge in [0.15, 0.2) is 5.96 Å². The first kappa shape index (κ1) is 29.1. The summed E-state index contributed by atoms with van der Waals surface area (Å²) in [4.78, 5) is 26.8. The van der Waals surface area contributed by atoms with E-state index in [1.165, 1.54) is 12.1 Å². The zero-order valence-electron chi connectivity index (χ0n) is 21.3. The molecule has 3 aromatic carbocycles. The maximum Gasteiger partial charge on any atom is 0.296 e. The number of nitrogens with one attached hydrogen (secondary N) is 5. The van der Waals surface area contributed by atoms with Crippen molar-refractivity contribution in [3.05, 3.63) is 102 Å². The van der Waals surface area contributed by atoms with Crippen molar-refractivity contribution >= 4 is 33.7 Å². The average molecular weight is 552 g/mol. The predicted molar refractivity (Wildman–Crippen MR) is 151 cm³/mol. The van der Waals surface area contributed by atoms with Gasteiger partial charge in [0.25, 0.3) is 10.2 Å². The Labute approximate surface area is 228 Å². The van der Waals surface area contributed by atoms with E-state index in [2.05, 4.69) is 20.7 Å². The molecule has 0 saturated heterocycles. The van der Waals surface area contributed by atoms with Crippen molar-refractivity contribution in [2.24, 2.45) is 10.9 Å². The van der Waals surface area contributed by atoms with Crippen molar-refractivity contribution in [1.82, 2.24) is 16.0 Å². The van der Waals surface area contributed by atoms with E-state index < -0.39 is 22.2 Å². The van der Waals surface area contributed by atoms with Crippen molar-refractivity contribution in [1.29, 1.82) is 5.41 Å². The van der Waals surface area contributed by atoms with Gasteiger partial charge in [-0.1, -0.05) is 72.8 Å². The molecular weight excluding hydrogens is 518 g/mol. The van der Waals surface area contributed by atoms with Crippen LogP contribution >= 0.6 is 0 Å². The van der Waals surface area contributed by atoms with Crippen LogP contribution in [0.25, 0.3) is 0 Å². The summed E-state index contributed by atoms with van der Waals surface area (Å²) in [5.41, 5.74) is 7.96. The molecule has 2 amide bonds. The van der Waals surface area contributed by atoms with Crippen LogP contribution in [0, 0.1) is 5.41 Å². The van der Waals surface area contributed by atoms with Crippen LogP contribution in [0.2, 0.25) is 0 Å². The van der Waals surface area contributed by atoms with Crippen molar-refractivity contribution in [2.75, 3.05) is 11.3 Å². The third kappa shape index (κ3) is 9.76. The third-order valence-corrected chi connectivity index (χ3v) is 6.35. The lowest BCUT2D eigenvalue weighted by molar-refractivity contribution is -0.129. The van der Waals surface area contributed by atoms with Gasteiger partial charge in [-0.05, 0) is 41.7 Å². The first-order chi connectivity index (χ1) is 18.6. The Morgan fingerprint density at radius 3 is 1.90 bits per heavy atom. The topological polar surface area (TPSA) is 192 Å². The molecule has 39 heavy (non-hydrogen) atoms. The molecule has 11 nitrogen and oxygen atoms in total. The molecule has 0 fully saturated rings. The second-order valence-electron chi connectivity index (χ2n) is 8.86. The van der Waals surface area contributed by atoms with Gasteiger partial charge in [-0.2, -0.15) is 8.42 Å². The third-order valence-electron chi connectivity index (χ3n) is 5.83.